The van der Waals surface area contributed by atoms with Gasteiger partial charge in [0.25, 0.3) is 0 Å². The Morgan fingerprint density at radius 1 is 1.15 bits per heavy atom. The highest BCUT2D eigenvalue weighted by atomic mass is 16.5. The van der Waals surface area contributed by atoms with Crippen LogP contribution >= 0.6 is 0 Å². The molecule has 0 atom stereocenters. The number of rotatable bonds is 9. The summed E-state index contributed by atoms with van der Waals surface area (Å²) in [4.78, 5) is 0. The standard InChI is InChI=1S/C17H29NO2/c1-6-17(4,5)20-12-11-19-16-10-8-7-9-15(16)13-18-14(2)3/h7-10,14,18H,6,11-13H2,1-5H3. The van der Waals surface area contributed by atoms with Gasteiger partial charge in [-0.2, -0.15) is 0 Å². The zero-order chi connectivity index (χ0) is 15.0. The normalized spacial score (nSPS) is 11.9. The van der Waals surface area contributed by atoms with Crippen molar-refractivity contribution >= 4 is 0 Å². The molecule has 0 saturated heterocycles. The zero-order valence-electron chi connectivity index (χ0n) is 13.5. The average Bonchev–Trinajstić information content (AvgIpc) is 2.42. The summed E-state index contributed by atoms with van der Waals surface area (Å²) in [6.07, 6.45) is 1.00. The van der Waals surface area contributed by atoms with Crippen LogP contribution in [0.5, 0.6) is 5.75 Å². The number of ether oxygens (including phenoxy) is 2. The van der Waals surface area contributed by atoms with E-state index in [1.165, 1.54) is 5.56 Å². The fourth-order valence-corrected chi connectivity index (χ4v) is 1.68. The maximum absolute atomic E-state index is 5.84. The smallest absolute Gasteiger partial charge is 0.123 e. The monoisotopic (exact) mass is 279 g/mol. The first-order valence-corrected chi connectivity index (χ1v) is 7.52. The molecule has 1 aromatic rings. The minimum Gasteiger partial charge on any atom is -0.491 e. The molecule has 0 radical (unpaired) electrons. The van der Waals surface area contributed by atoms with E-state index in [4.69, 9.17) is 9.47 Å². The van der Waals surface area contributed by atoms with Crippen LogP contribution in [0.1, 0.15) is 46.6 Å². The van der Waals surface area contributed by atoms with Gasteiger partial charge >= 0.3 is 0 Å². The fraction of sp³-hybridized carbons (Fsp3) is 0.647. The van der Waals surface area contributed by atoms with Crippen molar-refractivity contribution in [3.8, 4) is 5.75 Å². The highest BCUT2D eigenvalue weighted by molar-refractivity contribution is 5.33. The molecule has 3 nitrogen and oxygen atoms in total. The van der Waals surface area contributed by atoms with E-state index < -0.39 is 0 Å². The van der Waals surface area contributed by atoms with Crippen LogP contribution in [0.25, 0.3) is 0 Å². The molecule has 0 amide bonds. The number of benzene rings is 1. The summed E-state index contributed by atoms with van der Waals surface area (Å²) in [5.41, 5.74) is 1.12. The second-order valence-electron chi connectivity index (χ2n) is 5.95. The predicted molar refractivity (Wildman–Crippen MR) is 84.2 cm³/mol. The van der Waals surface area contributed by atoms with Crippen LogP contribution in [0.4, 0.5) is 0 Å². The van der Waals surface area contributed by atoms with Crippen LogP contribution in [-0.2, 0) is 11.3 Å². The van der Waals surface area contributed by atoms with Gasteiger partial charge in [-0.05, 0) is 26.3 Å². The first-order valence-electron chi connectivity index (χ1n) is 7.52. The fourth-order valence-electron chi connectivity index (χ4n) is 1.68. The first kappa shape index (κ1) is 17.0. The van der Waals surface area contributed by atoms with E-state index in [1.807, 2.05) is 18.2 Å². The van der Waals surface area contributed by atoms with E-state index in [0.29, 0.717) is 19.3 Å². The molecule has 114 valence electrons. The Morgan fingerprint density at radius 3 is 2.50 bits per heavy atom. The number of para-hydroxylation sites is 1. The van der Waals surface area contributed by atoms with Crippen LogP contribution < -0.4 is 10.1 Å². The summed E-state index contributed by atoms with van der Waals surface area (Å²) in [7, 11) is 0. The third kappa shape index (κ3) is 6.40. The molecule has 3 heteroatoms. The van der Waals surface area contributed by atoms with E-state index in [2.05, 4.69) is 46.0 Å². The highest BCUT2D eigenvalue weighted by Crippen LogP contribution is 2.18. The minimum absolute atomic E-state index is 0.0674. The second kappa shape index (κ2) is 8.28. The van der Waals surface area contributed by atoms with Gasteiger partial charge in [-0.1, -0.05) is 39.0 Å². The maximum atomic E-state index is 5.84. The van der Waals surface area contributed by atoms with Gasteiger partial charge in [0.15, 0.2) is 0 Å². The van der Waals surface area contributed by atoms with E-state index in [0.717, 1.165) is 18.7 Å². The molecule has 0 bridgehead atoms. The summed E-state index contributed by atoms with van der Waals surface area (Å²) in [5.74, 6) is 0.943. The van der Waals surface area contributed by atoms with Gasteiger partial charge in [0.05, 0.1) is 12.2 Å². The molecule has 1 rings (SSSR count). The Labute approximate surface area is 123 Å². The molecule has 0 aliphatic rings. The lowest BCUT2D eigenvalue weighted by molar-refractivity contribution is -0.0318. The molecular weight excluding hydrogens is 250 g/mol. The Kier molecular flexibility index (Phi) is 7.03. The lowest BCUT2D eigenvalue weighted by Gasteiger charge is -2.23. The van der Waals surface area contributed by atoms with Gasteiger partial charge < -0.3 is 14.8 Å². The molecule has 0 unspecified atom stereocenters. The third-order valence-corrected chi connectivity index (χ3v) is 3.36. The van der Waals surface area contributed by atoms with Crippen LogP contribution in [0.2, 0.25) is 0 Å². The van der Waals surface area contributed by atoms with Crippen LogP contribution in [0.15, 0.2) is 24.3 Å². The molecule has 0 saturated carbocycles. The number of hydrogen-bond acceptors (Lipinski definition) is 3. The Morgan fingerprint density at radius 2 is 1.85 bits per heavy atom. The van der Waals surface area contributed by atoms with E-state index in [9.17, 15) is 0 Å². The topological polar surface area (TPSA) is 30.5 Å². The summed E-state index contributed by atoms with van der Waals surface area (Å²) >= 11 is 0. The molecule has 1 N–H and O–H groups in total. The summed E-state index contributed by atoms with van der Waals surface area (Å²) in [6, 6.07) is 8.63. The Bertz CT molecular complexity index is 388. The highest BCUT2D eigenvalue weighted by Gasteiger charge is 2.14. The summed E-state index contributed by atoms with van der Waals surface area (Å²) in [6.45, 7) is 12.7. The van der Waals surface area contributed by atoms with Gasteiger partial charge in [0, 0.05) is 18.2 Å². The van der Waals surface area contributed by atoms with Crippen molar-refractivity contribution in [2.24, 2.45) is 0 Å². The molecule has 0 heterocycles. The number of nitrogens with one attached hydrogen (secondary N) is 1. The predicted octanol–water partition coefficient (Wildman–Crippen LogP) is 3.77. The molecule has 0 aromatic heterocycles. The molecule has 0 fully saturated rings. The molecule has 20 heavy (non-hydrogen) atoms. The SMILES string of the molecule is CCC(C)(C)OCCOc1ccccc1CNC(C)C. The van der Waals surface area contributed by atoms with Crippen LogP contribution in [-0.4, -0.2) is 24.9 Å². The van der Waals surface area contributed by atoms with E-state index in [-0.39, 0.29) is 5.60 Å². The van der Waals surface area contributed by atoms with Gasteiger partial charge in [-0.15, -0.1) is 0 Å². The lowest BCUT2D eigenvalue weighted by Crippen LogP contribution is -2.26. The molecular formula is C17H29NO2. The van der Waals surface area contributed by atoms with Crippen molar-refractivity contribution in [1.29, 1.82) is 0 Å². The summed E-state index contributed by atoms with van der Waals surface area (Å²) in [5, 5.41) is 3.41. The Balaban J connectivity index is 2.43. The minimum atomic E-state index is -0.0674. The maximum Gasteiger partial charge on any atom is 0.123 e. The van der Waals surface area contributed by atoms with Gasteiger partial charge in [0.1, 0.15) is 12.4 Å². The quantitative estimate of drug-likeness (QED) is 0.698. The Hall–Kier alpha value is -1.06. The van der Waals surface area contributed by atoms with Crippen molar-refractivity contribution in [3.05, 3.63) is 29.8 Å². The van der Waals surface area contributed by atoms with Crippen LogP contribution in [0, 0.1) is 0 Å². The molecule has 1 aromatic carbocycles. The zero-order valence-corrected chi connectivity index (χ0v) is 13.5. The average molecular weight is 279 g/mol. The van der Waals surface area contributed by atoms with Crippen molar-refractivity contribution in [2.45, 2.75) is 59.2 Å². The van der Waals surface area contributed by atoms with Gasteiger partial charge in [0.2, 0.25) is 0 Å². The van der Waals surface area contributed by atoms with Crippen LogP contribution in [0.3, 0.4) is 0 Å². The van der Waals surface area contributed by atoms with E-state index >= 15 is 0 Å². The van der Waals surface area contributed by atoms with Crippen molar-refractivity contribution in [3.63, 3.8) is 0 Å². The van der Waals surface area contributed by atoms with Crippen molar-refractivity contribution in [2.75, 3.05) is 13.2 Å². The lowest BCUT2D eigenvalue weighted by atomic mass is 10.1. The first-order chi connectivity index (χ1) is 9.44. The van der Waals surface area contributed by atoms with Gasteiger partial charge in [-0.25, -0.2) is 0 Å². The largest absolute Gasteiger partial charge is 0.491 e. The second-order valence-corrected chi connectivity index (χ2v) is 5.95. The third-order valence-electron chi connectivity index (χ3n) is 3.36. The van der Waals surface area contributed by atoms with E-state index in [1.54, 1.807) is 0 Å². The number of hydrogen-bond donors (Lipinski definition) is 1. The molecule has 0 aliphatic heterocycles. The van der Waals surface area contributed by atoms with Gasteiger partial charge in [-0.3, -0.25) is 0 Å². The van der Waals surface area contributed by atoms with Crippen molar-refractivity contribution in [1.82, 2.24) is 5.32 Å². The molecule has 0 spiro atoms. The van der Waals surface area contributed by atoms with Crippen molar-refractivity contribution < 1.29 is 9.47 Å². The summed E-state index contributed by atoms with van der Waals surface area (Å²) < 4.78 is 11.6. The molecule has 0 aliphatic carbocycles.